The van der Waals surface area contributed by atoms with E-state index in [2.05, 4.69) is 0 Å². The molecular formula is C12H23F3O. The van der Waals surface area contributed by atoms with E-state index in [9.17, 15) is 18.3 Å². The summed E-state index contributed by atoms with van der Waals surface area (Å²) in [6, 6.07) is 0. The lowest BCUT2D eigenvalue weighted by Crippen LogP contribution is -2.52. The molecule has 98 valence electrons. The van der Waals surface area contributed by atoms with Crippen molar-refractivity contribution in [2.24, 2.45) is 11.3 Å². The molecule has 1 N–H and O–H groups in total. The predicted octanol–water partition coefficient (Wildman–Crippen LogP) is 4.15. The van der Waals surface area contributed by atoms with Gasteiger partial charge in [0.15, 0.2) is 5.60 Å². The van der Waals surface area contributed by atoms with Crippen LogP contribution >= 0.6 is 0 Å². The summed E-state index contributed by atoms with van der Waals surface area (Å²) in [6.07, 6.45) is -3.87. The van der Waals surface area contributed by atoms with Crippen LogP contribution in [-0.4, -0.2) is 16.9 Å². The molecule has 0 amide bonds. The lowest BCUT2D eigenvalue weighted by Gasteiger charge is -2.40. The van der Waals surface area contributed by atoms with E-state index in [1.165, 1.54) is 6.92 Å². The van der Waals surface area contributed by atoms with Gasteiger partial charge in [0.25, 0.3) is 0 Å². The van der Waals surface area contributed by atoms with Gasteiger partial charge in [0.05, 0.1) is 0 Å². The van der Waals surface area contributed by atoms with Crippen molar-refractivity contribution < 1.29 is 18.3 Å². The molecule has 0 rings (SSSR count). The molecule has 0 aromatic heterocycles. The first-order valence-electron chi connectivity index (χ1n) is 5.79. The molecule has 0 saturated carbocycles. The maximum Gasteiger partial charge on any atom is 0.417 e. The molecule has 0 bridgehead atoms. The van der Waals surface area contributed by atoms with E-state index in [-0.39, 0.29) is 6.42 Å². The number of hydrogen-bond donors (Lipinski definition) is 1. The highest BCUT2D eigenvalue weighted by atomic mass is 19.4. The fraction of sp³-hybridized carbons (Fsp3) is 1.00. The second-order valence-electron chi connectivity index (χ2n) is 5.43. The van der Waals surface area contributed by atoms with E-state index in [1.807, 2.05) is 6.92 Å². The first kappa shape index (κ1) is 15.8. The van der Waals surface area contributed by atoms with E-state index < -0.39 is 23.1 Å². The Morgan fingerprint density at radius 3 is 1.81 bits per heavy atom. The average molecular weight is 240 g/mol. The third kappa shape index (κ3) is 3.37. The molecule has 0 aromatic carbocycles. The molecule has 0 heterocycles. The summed E-state index contributed by atoms with van der Waals surface area (Å²) in [6.45, 7) is 8.48. The van der Waals surface area contributed by atoms with Gasteiger partial charge in [-0.1, -0.05) is 47.5 Å². The van der Waals surface area contributed by atoms with Crippen LogP contribution in [0.3, 0.4) is 0 Å². The number of aliphatic hydroxyl groups is 1. The van der Waals surface area contributed by atoms with Crippen LogP contribution in [0.5, 0.6) is 0 Å². The minimum absolute atomic E-state index is 0.241. The Hall–Kier alpha value is -0.250. The van der Waals surface area contributed by atoms with Crippen LogP contribution in [-0.2, 0) is 0 Å². The molecule has 0 spiro atoms. The predicted molar refractivity (Wildman–Crippen MR) is 59.1 cm³/mol. The van der Waals surface area contributed by atoms with E-state index in [0.717, 1.165) is 0 Å². The molecule has 2 atom stereocenters. The summed E-state index contributed by atoms with van der Waals surface area (Å²) in [5.74, 6) is -0.779. The highest BCUT2D eigenvalue weighted by Crippen LogP contribution is 2.45. The molecule has 0 fully saturated rings. The summed E-state index contributed by atoms with van der Waals surface area (Å²) < 4.78 is 38.9. The van der Waals surface area contributed by atoms with Gasteiger partial charge in [-0.15, -0.1) is 0 Å². The SMILES string of the molecule is CCC(C)C(O)(CC(C)(C)CC)C(F)(F)F. The van der Waals surface area contributed by atoms with E-state index in [0.29, 0.717) is 12.8 Å². The van der Waals surface area contributed by atoms with Crippen molar-refractivity contribution in [3.05, 3.63) is 0 Å². The minimum Gasteiger partial charge on any atom is -0.380 e. The maximum atomic E-state index is 13.0. The molecule has 0 saturated heterocycles. The van der Waals surface area contributed by atoms with Crippen molar-refractivity contribution in [2.45, 2.75) is 65.7 Å². The highest BCUT2D eigenvalue weighted by molar-refractivity contribution is 4.94. The van der Waals surface area contributed by atoms with Gasteiger partial charge in [-0.3, -0.25) is 0 Å². The van der Waals surface area contributed by atoms with Crippen LogP contribution in [0.15, 0.2) is 0 Å². The van der Waals surface area contributed by atoms with Crippen molar-refractivity contribution >= 4 is 0 Å². The normalized spacial score (nSPS) is 19.3. The van der Waals surface area contributed by atoms with E-state index >= 15 is 0 Å². The van der Waals surface area contributed by atoms with Gasteiger partial charge in [-0.05, 0) is 17.8 Å². The smallest absolute Gasteiger partial charge is 0.380 e. The lowest BCUT2D eigenvalue weighted by molar-refractivity contribution is -0.288. The van der Waals surface area contributed by atoms with Crippen LogP contribution in [0.2, 0.25) is 0 Å². The average Bonchev–Trinajstić information content (AvgIpc) is 2.14. The summed E-state index contributed by atoms with van der Waals surface area (Å²) in [5.41, 5.74) is -3.07. The fourth-order valence-electron chi connectivity index (χ4n) is 1.75. The van der Waals surface area contributed by atoms with Crippen molar-refractivity contribution in [1.29, 1.82) is 0 Å². The standard InChI is InChI=1S/C12H23F3O/c1-6-9(3)11(16,12(13,14)15)8-10(4,5)7-2/h9,16H,6-8H2,1-5H3. The van der Waals surface area contributed by atoms with Crippen molar-refractivity contribution in [1.82, 2.24) is 0 Å². The van der Waals surface area contributed by atoms with Gasteiger partial charge in [0, 0.05) is 0 Å². The molecule has 4 heteroatoms. The summed E-state index contributed by atoms with van der Waals surface area (Å²) in [7, 11) is 0. The van der Waals surface area contributed by atoms with Gasteiger partial charge in [0.2, 0.25) is 0 Å². The summed E-state index contributed by atoms with van der Waals surface area (Å²) in [4.78, 5) is 0. The van der Waals surface area contributed by atoms with Crippen molar-refractivity contribution in [2.75, 3.05) is 0 Å². The second kappa shape index (κ2) is 4.94. The van der Waals surface area contributed by atoms with Gasteiger partial charge in [0.1, 0.15) is 0 Å². The zero-order valence-electron chi connectivity index (χ0n) is 10.8. The monoisotopic (exact) mass is 240 g/mol. The molecule has 0 radical (unpaired) electrons. The first-order valence-corrected chi connectivity index (χ1v) is 5.79. The number of alkyl halides is 3. The largest absolute Gasteiger partial charge is 0.417 e. The van der Waals surface area contributed by atoms with Crippen LogP contribution < -0.4 is 0 Å². The zero-order chi connectivity index (χ0) is 13.2. The van der Waals surface area contributed by atoms with Crippen molar-refractivity contribution in [3.8, 4) is 0 Å². The van der Waals surface area contributed by atoms with Crippen LogP contribution in [0.25, 0.3) is 0 Å². The number of hydrogen-bond acceptors (Lipinski definition) is 1. The Kier molecular flexibility index (Phi) is 4.87. The fourth-order valence-corrected chi connectivity index (χ4v) is 1.75. The topological polar surface area (TPSA) is 20.2 Å². The van der Waals surface area contributed by atoms with E-state index in [4.69, 9.17) is 0 Å². The Balaban J connectivity index is 5.11. The quantitative estimate of drug-likeness (QED) is 0.765. The van der Waals surface area contributed by atoms with Gasteiger partial charge < -0.3 is 5.11 Å². The zero-order valence-corrected chi connectivity index (χ0v) is 10.8. The molecule has 16 heavy (non-hydrogen) atoms. The third-order valence-electron chi connectivity index (χ3n) is 3.62. The van der Waals surface area contributed by atoms with Gasteiger partial charge in [-0.2, -0.15) is 13.2 Å². The van der Waals surface area contributed by atoms with Crippen LogP contribution in [0, 0.1) is 11.3 Å². The lowest BCUT2D eigenvalue weighted by atomic mass is 9.72. The molecule has 1 nitrogen and oxygen atoms in total. The Morgan fingerprint density at radius 1 is 1.12 bits per heavy atom. The Bertz CT molecular complexity index is 223. The van der Waals surface area contributed by atoms with Crippen LogP contribution in [0.1, 0.15) is 53.9 Å². The third-order valence-corrected chi connectivity index (χ3v) is 3.62. The van der Waals surface area contributed by atoms with Gasteiger partial charge >= 0.3 is 6.18 Å². The van der Waals surface area contributed by atoms with Crippen LogP contribution in [0.4, 0.5) is 13.2 Å². The van der Waals surface area contributed by atoms with E-state index in [1.54, 1.807) is 20.8 Å². The Labute approximate surface area is 96.0 Å². The molecule has 2 unspecified atom stereocenters. The molecule has 0 aliphatic carbocycles. The summed E-state index contributed by atoms with van der Waals surface area (Å²) >= 11 is 0. The molecule has 0 aliphatic heterocycles. The minimum atomic E-state index is -4.56. The summed E-state index contributed by atoms with van der Waals surface area (Å²) in [5, 5.41) is 9.96. The second-order valence-corrected chi connectivity index (χ2v) is 5.43. The molecular weight excluding hydrogens is 217 g/mol. The highest BCUT2D eigenvalue weighted by Gasteiger charge is 2.57. The van der Waals surface area contributed by atoms with Gasteiger partial charge in [-0.25, -0.2) is 0 Å². The number of halogens is 3. The van der Waals surface area contributed by atoms with Crippen molar-refractivity contribution in [3.63, 3.8) is 0 Å². The number of rotatable bonds is 5. The maximum absolute atomic E-state index is 13.0. The molecule has 0 aromatic rings. The Morgan fingerprint density at radius 2 is 1.56 bits per heavy atom. The molecule has 0 aliphatic rings. The first-order chi connectivity index (χ1) is 7.00.